The van der Waals surface area contributed by atoms with Gasteiger partial charge < -0.3 is 4.90 Å². The molecule has 5 heteroatoms. The summed E-state index contributed by atoms with van der Waals surface area (Å²) in [4.78, 5) is 2.45. The minimum Gasteiger partial charge on any atom is -0.372 e. The average Bonchev–Trinajstić information content (AvgIpc) is 3.35. The van der Waals surface area contributed by atoms with Crippen molar-refractivity contribution < 1.29 is 0 Å². The van der Waals surface area contributed by atoms with Gasteiger partial charge in [-0.05, 0) is 57.0 Å². The van der Waals surface area contributed by atoms with E-state index in [2.05, 4.69) is 53.5 Å². The van der Waals surface area contributed by atoms with Crippen molar-refractivity contribution in [2.45, 2.75) is 33.2 Å². The maximum Gasteiger partial charge on any atom is 0.0961 e. The summed E-state index contributed by atoms with van der Waals surface area (Å²) in [5.41, 5.74) is 5.49. The van der Waals surface area contributed by atoms with Gasteiger partial charge in [-0.3, -0.25) is 4.68 Å². The summed E-state index contributed by atoms with van der Waals surface area (Å²) < 4.78 is 3.89. The number of hydrogen-bond donors (Lipinski definition) is 0. The molecule has 0 atom stereocenters. The first kappa shape index (κ1) is 15.0. The van der Waals surface area contributed by atoms with Crippen LogP contribution in [-0.2, 0) is 6.54 Å². The molecule has 0 aliphatic carbocycles. The number of anilines is 1. The Balaban J connectivity index is 1.59. The molecular weight excluding hydrogens is 298 g/mol. The largest absolute Gasteiger partial charge is 0.372 e. The Morgan fingerprint density at radius 1 is 0.958 bits per heavy atom. The van der Waals surface area contributed by atoms with Crippen molar-refractivity contribution in [3.8, 4) is 16.9 Å². The van der Waals surface area contributed by atoms with Gasteiger partial charge in [0.05, 0.1) is 17.1 Å². The van der Waals surface area contributed by atoms with Crippen molar-refractivity contribution in [3.05, 3.63) is 48.4 Å². The molecule has 4 rings (SSSR count). The van der Waals surface area contributed by atoms with Crippen molar-refractivity contribution in [3.63, 3.8) is 0 Å². The molecule has 0 N–H and O–H groups in total. The van der Waals surface area contributed by atoms with E-state index in [1.54, 1.807) is 0 Å². The second-order valence-electron chi connectivity index (χ2n) is 6.34. The molecule has 0 unspecified atom stereocenters. The van der Waals surface area contributed by atoms with Crippen LogP contribution in [0.25, 0.3) is 16.9 Å². The second-order valence-corrected chi connectivity index (χ2v) is 6.34. The van der Waals surface area contributed by atoms with Gasteiger partial charge in [0.1, 0.15) is 0 Å². The summed E-state index contributed by atoms with van der Waals surface area (Å²) in [5.74, 6) is 0. The molecule has 0 spiro atoms. The summed E-state index contributed by atoms with van der Waals surface area (Å²) in [7, 11) is 0. The predicted octanol–water partition coefficient (Wildman–Crippen LogP) is 3.66. The van der Waals surface area contributed by atoms with Crippen LogP contribution in [0.2, 0.25) is 0 Å². The van der Waals surface area contributed by atoms with E-state index < -0.39 is 0 Å². The smallest absolute Gasteiger partial charge is 0.0961 e. The molecular formula is C19H23N5. The molecule has 5 nitrogen and oxygen atoms in total. The first-order valence-corrected chi connectivity index (χ1v) is 8.70. The number of hydrogen-bond acceptors (Lipinski definition) is 3. The third-order valence-corrected chi connectivity index (χ3v) is 4.72. The monoisotopic (exact) mass is 321 g/mol. The molecule has 3 aromatic rings. The molecule has 0 radical (unpaired) electrons. The van der Waals surface area contributed by atoms with Crippen LogP contribution in [-0.4, -0.2) is 32.7 Å². The summed E-state index contributed by atoms with van der Waals surface area (Å²) >= 11 is 0. The molecule has 24 heavy (non-hydrogen) atoms. The highest BCUT2D eigenvalue weighted by Crippen LogP contribution is 2.24. The Morgan fingerprint density at radius 2 is 1.67 bits per heavy atom. The fraction of sp³-hybridized carbons (Fsp3) is 0.368. The van der Waals surface area contributed by atoms with Gasteiger partial charge in [0.2, 0.25) is 0 Å². The van der Waals surface area contributed by atoms with E-state index >= 15 is 0 Å². The molecule has 0 amide bonds. The van der Waals surface area contributed by atoms with Gasteiger partial charge in [-0.15, -0.1) is 0 Å². The molecule has 1 aromatic carbocycles. The summed E-state index contributed by atoms with van der Waals surface area (Å²) in [6.07, 6.45) is 6.69. The van der Waals surface area contributed by atoms with Crippen molar-refractivity contribution >= 4 is 5.69 Å². The van der Waals surface area contributed by atoms with Gasteiger partial charge in [0, 0.05) is 43.3 Å². The number of nitrogens with zero attached hydrogens (tertiary/aromatic N) is 5. The van der Waals surface area contributed by atoms with Crippen molar-refractivity contribution in [1.82, 2.24) is 19.6 Å². The molecule has 0 saturated carbocycles. The minimum atomic E-state index is 0.875. The third kappa shape index (κ3) is 2.70. The highest BCUT2D eigenvalue weighted by atomic mass is 15.3. The maximum atomic E-state index is 4.74. The lowest BCUT2D eigenvalue weighted by molar-refractivity contribution is 0.653. The Labute approximate surface area is 142 Å². The topological polar surface area (TPSA) is 38.9 Å². The van der Waals surface area contributed by atoms with E-state index in [9.17, 15) is 0 Å². The number of rotatable bonds is 4. The van der Waals surface area contributed by atoms with E-state index in [1.165, 1.54) is 31.6 Å². The summed E-state index contributed by atoms with van der Waals surface area (Å²) in [5, 5.41) is 9.24. The summed E-state index contributed by atoms with van der Waals surface area (Å²) in [6.45, 7) is 7.35. The van der Waals surface area contributed by atoms with Crippen molar-refractivity contribution in [1.29, 1.82) is 0 Å². The average molecular weight is 321 g/mol. The lowest BCUT2D eigenvalue weighted by Crippen LogP contribution is -2.17. The fourth-order valence-electron chi connectivity index (χ4n) is 3.33. The van der Waals surface area contributed by atoms with Gasteiger partial charge in [0.25, 0.3) is 0 Å². The standard InChI is InChI=1S/C19H23N5/c1-3-23-14-18(15(2)20-23)19-10-13-24(21-19)17-8-6-16(7-9-17)22-11-4-5-12-22/h6-10,13-14H,3-5,11-12H2,1-2H3. The molecule has 124 valence electrons. The highest BCUT2D eigenvalue weighted by molar-refractivity contribution is 5.61. The van der Waals surface area contributed by atoms with Gasteiger partial charge >= 0.3 is 0 Å². The highest BCUT2D eigenvalue weighted by Gasteiger charge is 2.13. The maximum absolute atomic E-state index is 4.74. The first-order chi connectivity index (χ1) is 11.7. The van der Waals surface area contributed by atoms with Gasteiger partial charge in [0.15, 0.2) is 0 Å². The minimum absolute atomic E-state index is 0.875. The fourth-order valence-corrected chi connectivity index (χ4v) is 3.33. The third-order valence-electron chi connectivity index (χ3n) is 4.72. The van der Waals surface area contributed by atoms with E-state index in [0.717, 1.165) is 29.2 Å². The van der Waals surface area contributed by atoms with Gasteiger partial charge in [-0.2, -0.15) is 10.2 Å². The number of benzene rings is 1. The molecule has 1 aliphatic rings. The molecule has 1 aliphatic heterocycles. The molecule has 3 heterocycles. The lowest BCUT2D eigenvalue weighted by atomic mass is 10.2. The van der Waals surface area contributed by atoms with Crippen LogP contribution in [0.15, 0.2) is 42.7 Å². The SMILES string of the molecule is CCn1cc(-c2ccn(-c3ccc(N4CCCC4)cc3)n2)c(C)n1. The molecule has 0 bridgehead atoms. The first-order valence-electron chi connectivity index (χ1n) is 8.70. The van der Waals surface area contributed by atoms with Crippen LogP contribution in [0, 0.1) is 6.92 Å². The van der Waals surface area contributed by atoms with Crippen molar-refractivity contribution in [2.24, 2.45) is 0 Å². The van der Waals surface area contributed by atoms with Crippen molar-refractivity contribution in [2.75, 3.05) is 18.0 Å². The Kier molecular flexibility index (Phi) is 3.84. The van der Waals surface area contributed by atoms with E-state index in [-0.39, 0.29) is 0 Å². The van der Waals surface area contributed by atoms with Crippen LogP contribution in [0.4, 0.5) is 5.69 Å². The van der Waals surface area contributed by atoms with E-state index in [1.807, 2.05) is 22.5 Å². The number of aromatic nitrogens is 4. The predicted molar refractivity (Wildman–Crippen MR) is 96.6 cm³/mol. The Hall–Kier alpha value is -2.56. The zero-order chi connectivity index (χ0) is 16.5. The molecule has 1 fully saturated rings. The van der Waals surface area contributed by atoms with Crippen LogP contribution in [0.1, 0.15) is 25.5 Å². The zero-order valence-electron chi connectivity index (χ0n) is 14.3. The zero-order valence-corrected chi connectivity index (χ0v) is 14.3. The van der Waals surface area contributed by atoms with Crippen LogP contribution < -0.4 is 4.90 Å². The van der Waals surface area contributed by atoms with Crippen LogP contribution >= 0.6 is 0 Å². The molecule has 2 aromatic heterocycles. The number of aryl methyl sites for hydroxylation is 2. The second kappa shape index (κ2) is 6.15. The molecule has 1 saturated heterocycles. The summed E-state index contributed by atoms with van der Waals surface area (Å²) in [6, 6.07) is 10.7. The lowest BCUT2D eigenvalue weighted by Gasteiger charge is -2.17. The Morgan fingerprint density at radius 3 is 2.33 bits per heavy atom. The van der Waals surface area contributed by atoms with Gasteiger partial charge in [-0.25, -0.2) is 4.68 Å². The van der Waals surface area contributed by atoms with E-state index in [0.29, 0.717) is 0 Å². The van der Waals surface area contributed by atoms with Crippen LogP contribution in [0.3, 0.4) is 0 Å². The Bertz CT molecular complexity index is 822. The van der Waals surface area contributed by atoms with Crippen LogP contribution in [0.5, 0.6) is 0 Å². The quantitative estimate of drug-likeness (QED) is 0.736. The van der Waals surface area contributed by atoms with Gasteiger partial charge in [-0.1, -0.05) is 0 Å². The van der Waals surface area contributed by atoms with E-state index in [4.69, 9.17) is 5.10 Å². The normalized spacial score (nSPS) is 14.5.